The molecule has 0 amide bonds. The summed E-state index contributed by atoms with van der Waals surface area (Å²) in [6.07, 6.45) is 0.652. The third-order valence-corrected chi connectivity index (χ3v) is 2.89. The van der Waals surface area contributed by atoms with Crippen LogP contribution in [-0.2, 0) is 9.53 Å². The Hall–Kier alpha value is -1.71. The molecule has 0 aliphatic heterocycles. The molecule has 3 N–H and O–H groups in total. The van der Waals surface area contributed by atoms with Crippen LogP contribution in [0.1, 0.15) is 24.5 Å². The molecule has 0 spiro atoms. The highest BCUT2D eigenvalue weighted by Crippen LogP contribution is 2.24. The predicted octanol–water partition coefficient (Wildman–Crippen LogP) is 2.25. The number of aryl methyl sites for hydroxylation is 2. The number of nitrogens with two attached hydrogens (primary N) is 1. The standard InChI is InChI=1S/C13H20N2O2/c1-5-11(13(16)17-4)15-12-7-9(3)8(2)6-10(12)14/h6-7,11,15H,5,14H2,1-4H3. The number of benzene rings is 1. The number of anilines is 2. The van der Waals surface area contributed by atoms with Crippen molar-refractivity contribution in [3.8, 4) is 0 Å². The lowest BCUT2D eigenvalue weighted by Gasteiger charge is -2.18. The Morgan fingerprint density at radius 3 is 2.53 bits per heavy atom. The normalized spacial score (nSPS) is 12.0. The number of hydrogen-bond acceptors (Lipinski definition) is 4. The van der Waals surface area contributed by atoms with Crippen molar-refractivity contribution in [2.45, 2.75) is 33.2 Å². The van der Waals surface area contributed by atoms with Gasteiger partial charge < -0.3 is 15.8 Å². The summed E-state index contributed by atoms with van der Waals surface area (Å²) in [4.78, 5) is 11.5. The molecular weight excluding hydrogens is 216 g/mol. The summed E-state index contributed by atoms with van der Waals surface area (Å²) in [7, 11) is 1.39. The van der Waals surface area contributed by atoms with Crippen molar-refractivity contribution >= 4 is 17.3 Å². The van der Waals surface area contributed by atoms with Gasteiger partial charge in [-0.1, -0.05) is 6.92 Å². The van der Waals surface area contributed by atoms with Crippen LogP contribution < -0.4 is 11.1 Å². The Labute approximate surface area is 102 Å². The van der Waals surface area contributed by atoms with Gasteiger partial charge in [-0.05, 0) is 43.5 Å². The third-order valence-electron chi connectivity index (χ3n) is 2.89. The highest BCUT2D eigenvalue weighted by Gasteiger charge is 2.17. The molecule has 17 heavy (non-hydrogen) atoms. The van der Waals surface area contributed by atoms with Crippen molar-refractivity contribution in [2.24, 2.45) is 0 Å². The number of ether oxygens (including phenoxy) is 1. The zero-order valence-electron chi connectivity index (χ0n) is 10.8. The molecule has 0 fully saturated rings. The molecule has 0 radical (unpaired) electrons. The van der Waals surface area contributed by atoms with Crippen molar-refractivity contribution in [2.75, 3.05) is 18.2 Å². The van der Waals surface area contributed by atoms with Crippen LogP contribution in [0.4, 0.5) is 11.4 Å². The highest BCUT2D eigenvalue weighted by atomic mass is 16.5. The Morgan fingerprint density at radius 2 is 2.00 bits per heavy atom. The molecule has 1 unspecified atom stereocenters. The fraction of sp³-hybridized carbons (Fsp3) is 0.462. The first kappa shape index (κ1) is 13.4. The number of carbonyl (C=O) groups is 1. The Morgan fingerprint density at radius 1 is 1.41 bits per heavy atom. The second kappa shape index (κ2) is 5.57. The van der Waals surface area contributed by atoms with E-state index < -0.39 is 0 Å². The molecule has 0 heterocycles. The van der Waals surface area contributed by atoms with Gasteiger partial charge in [0.15, 0.2) is 0 Å². The second-order valence-corrected chi connectivity index (χ2v) is 4.15. The lowest BCUT2D eigenvalue weighted by atomic mass is 10.1. The van der Waals surface area contributed by atoms with Crippen LogP contribution >= 0.6 is 0 Å². The summed E-state index contributed by atoms with van der Waals surface area (Å²) in [6.45, 7) is 5.94. The van der Waals surface area contributed by atoms with E-state index in [-0.39, 0.29) is 12.0 Å². The van der Waals surface area contributed by atoms with Crippen LogP contribution in [0, 0.1) is 13.8 Å². The van der Waals surface area contributed by atoms with Crippen molar-refractivity contribution < 1.29 is 9.53 Å². The van der Waals surface area contributed by atoms with Gasteiger partial charge in [0.05, 0.1) is 18.5 Å². The number of rotatable bonds is 4. The maximum atomic E-state index is 11.5. The minimum Gasteiger partial charge on any atom is -0.467 e. The van der Waals surface area contributed by atoms with E-state index in [1.54, 1.807) is 0 Å². The average Bonchev–Trinajstić information content (AvgIpc) is 2.31. The van der Waals surface area contributed by atoms with Crippen molar-refractivity contribution in [1.82, 2.24) is 0 Å². The molecule has 1 atom stereocenters. The van der Waals surface area contributed by atoms with Gasteiger partial charge in [0, 0.05) is 0 Å². The van der Waals surface area contributed by atoms with Gasteiger partial charge in [0.1, 0.15) is 6.04 Å². The molecule has 1 rings (SSSR count). The van der Waals surface area contributed by atoms with Crippen molar-refractivity contribution in [3.63, 3.8) is 0 Å². The molecule has 0 aliphatic rings. The van der Waals surface area contributed by atoms with E-state index in [9.17, 15) is 4.79 Å². The number of hydrogen-bond donors (Lipinski definition) is 2. The summed E-state index contributed by atoms with van der Waals surface area (Å²) >= 11 is 0. The average molecular weight is 236 g/mol. The monoisotopic (exact) mass is 236 g/mol. The molecule has 0 saturated carbocycles. The van der Waals surface area contributed by atoms with Crippen molar-refractivity contribution in [1.29, 1.82) is 0 Å². The van der Waals surface area contributed by atoms with Gasteiger partial charge >= 0.3 is 5.97 Å². The van der Waals surface area contributed by atoms with E-state index in [0.29, 0.717) is 12.1 Å². The van der Waals surface area contributed by atoms with Crippen LogP contribution in [0.3, 0.4) is 0 Å². The lowest BCUT2D eigenvalue weighted by Crippen LogP contribution is -2.30. The van der Waals surface area contributed by atoms with Crippen LogP contribution in [0.25, 0.3) is 0 Å². The fourth-order valence-corrected chi connectivity index (χ4v) is 1.62. The van der Waals surface area contributed by atoms with E-state index >= 15 is 0 Å². The molecule has 0 aromatic heterocycles. The number of nitrogens with one attached hydrogen (secondary N) is 1. The number of methoxy groups -OCH3 is 1. The van der Waals surface area contributed by atoms with Gasteiger partial charge in [0.2, 0.25) is 0 Å². The first-order valence-electron chi connectivity index (χ1n) is 5.70. The maximum Gasteiger partial charge on any atom is 0.328 e. The first-order valence-corrected chi connectivity index (χ1v) is 5.70. The third kappa shape index (κ3) is 3.12. The van der Waals surface area contributed by atoms with Crippen LogP contribution in [0.5, 0.6) is 0 Å². The van der Waals surface area contributed by atoms with Gasteiger partial charge in [-0.15, -0.1) is 0 Å². The minimum atomic E-state index is -0.357. The largest absolute Gasteiger partial charge is 0.467 e. The second-order valence-electron chi connectivity index (χ2n) is 4.15. The van der Waals surface area contributed by atoms with Gasteiger partial charge in [0.25, 0.3) is 0 Å². The van der Waals surface area contributed by atoms with E-state index in [1.165, 1.54) is 7.11 Å². The zero-order chi connectivity index (χ0) is 13.0. The molecule has 4 heteroatoms. The predicted molar refractivity (Wildman–Crippen MR) is 70.0 cm³/mol. The molecule has 0 bridgehead atoms. The summed E-state index contributed by atoms with van der Waals surface area (Å²) in [5, 5.41) is 3.12. The van der Waals surface area contributed by atoms with E-state index in [0.717, 1.165) is 16.8 Å². The molecular formula is C13H20N2O2. The van der Waals surface area contributed by atoms with Crippen LogP contribution in [0.15, 0.2) is 12.1 Å². The minimum absolute atomic E-state index is 0.273. The number of esters is 1. The Bertz CT molecular complexity index is 416. The lowest BCUT2D eigenvalue weighted by molar-refractivity contribution is -0.141. The van der Waals surface area contributed by atoms with Gasteiger partial charge in [-0.25, -0.2) is 4.79 Å². The molecule has 4 nitrogen and oxygen atoms in total. The SMILES string of the molecule is CCC(Nc1cc(C)c(C)cc1N)C(=O)OC. The van der Waals surface area contributed by atoms with E-state index in [4.69, 9.17) is 10.5 Å². The first-order chi connectivity index (χ1) is 7.99. The van der Waals surface area contributed by atoms with Gasteiger partial charge in [-0.2, -0.15) is 0 Å². The number of carbonyl (C=O) groups excluding carboxylic acids is 1. The summed E-state index contributed by atoms with van der Waals surface area (Å²) in [5.74, 6) is -0.273. The Kier molecular flexibility index (Phi) is 4.37. The van der Waals surface area contributed by atoms with Crippen LogP contribution in [0.2, 0.25) is 0 Å². The molecule has 94 valence electrons. The quantitative estimate of drug-likeness (QED) is 0.621. The fourth-order valence-electron chi connectivity index (χ4n) is 1.62. The summed E-state index contributed by atoms with van der Waals surface area (Å²) in [6, 6.07) is 3.50. The molecule has 1 aromatic rings. The van der Waals surface area contributed by atoms with E-state index in [1.807, 2.05) is 32.9 Å². The van der Waals surface area contributed by atoms with Crippen molar-refractivity contribution in [3.05, 3.63) is 23.3 Å². The van der Waals surface area contributed by atoms with Crippen LogP contribution in [-0.4, -0.2) is 19.1 Å². The smallest absolute Gasteiger partial charge is 0.328 e. The van der Waals surface area contributed by atoms with Gasteiger partial charge in [-0.3, -0.25) is 0 Å². The number of nitrogen functional groups attached to an aromatic ring is 1. The Balaban J connectivity index is 2.94. The summed E-state index contributed by atoms with van der Waals surface area (Å²) < 4.78 is 4.73. The van der Waals surface area contributed by atoms with E-state index in [2.05, 4.69) is 5.32 Å². The molecule has 1 aromatic carbocycles. The molecule has 0 saturated heterocycles. The summed E-state index contributed by atoms with van der Waals surface area (Å²) in [5.41, 5.74) is 9.63. The maximum absolute atomic E-state index is 11.5. The molecule has 0 aliphatic carbocycles. The highest BCUT2D eigenvalue weighted by molar-refractivity contribution is 5.81. The zero-order valence-corrected chi connectivity index (χ0v) is 10.8. The topological polar surface area (TPSA) is 64.3 Å².